The van der Waals surface area contributed by atoms with Gasteiger partial charge in [-0.2, -0.15) is 0 Å². The zero-order valence-electron chi connectivity index (χ0n) is 13.3. The fourth-order valence-electron chi connectivity index (χ4n) is 2.61. The molecular formula is C16H22ClN5O. The topological polar surface area (TPSA) is 71.8 Å². The van der Waals surface area contributed by atoms with Crippen LogP contribution in [0.25, 0.3) is 11.4 Å². The first-order valence-electron chi connectivity index (χ1n) is 7.69. The van der Waals surface area contributed by atoms with E-state index < -0.39 is 0 Å². The number of hydrogen-bond donors (Lipinski definition) is 2. The van der Waals surface area contributed by atoms with E-state index in [4.69, 9.17) is 0 Å². The molecule has 1 aromatic carbocycles. The molecule has 1 atom stereocenters. The molecule has 0 aliphatic carbocycles. The molecule has 1 fully saturated rings. The summed E-state index contributed by atoms with van der Waals surface area (Å²) >= 11 is 0. The number of nitrogens with zero attached hydrogens (tertiary/aromatic N) is 3. The van der Waals surface area contributed by atoms with Crippen molar-refractivity contribution in [3.8, 4) is 11.4 Å². The highest BCUT2D eigenvalue weighted by molar-refractivity contribution is 5.96. The molecule has 0 saturated carbocycles. The maximum absolute atomic E-state index is 12.4. The molecule has 1 amide bonds. The molecule has 7 heteroatoms. The SMILES string of the molecule is CCn1cnnc1-c1ccccc1NC(=O)C(C)C1CNC1.Cl. The van der Waals surface area contributed by atoms with Gasteiger partial charge >= 0.3 is 0 Å². The van der Waals surface area contributed by atoms with E-state index in [2.05, 4.69) is 20.8 Å². The Morgan fingerprint density at radius 1 is 1.43 bits per heavy atom. The van der Waals surface area contributed by atoms with Crippen molar-refractivity contribution in [3.05, 3.63) is 30.6 Å². The van der Waals surface area contributed by atoms with Gasteiger partial charge in [0.2, 0.25) is 5.91 Å². The van der Waals surface area contributed by atoms with E-state index in [1.807, 2.05) is 42.7 Å². The van der Waals surface area contributed by atoms with E-state index in [-0.39, 0.29) is 24.2 Å². The number of rotatable bonds is 5. The number of carbonyl (C=O) groups is 1. The Balaban J connectivity index is 0.00000192. The molecule has 124 valence electrons. The van der Waals surface area contributed by atoms with Crippen LogP contribution in [0, 0.1) is 11.8 Å². The van der Waals surface area contributed by atoms with Crippen molar-refractivity contribution >= 4 is 24.0 Å². The first-order valence-corrected chi connectivity index (χ1v) is 7.69. The first kappa shape index (κ1) is 17.4. The number of amides is 1. The van der Waals surface area contributed by atoms with E-state index in [0.29, 0.717) is 5.92 Å². The molecule has 1 unspecified atom stereocenters. The van der Waals surface area contributed by atoms with Crippen LogP contribution in [0.3, 0.4) is 0 Å². The molecule has 6 nitrogen and oxygen atoms in total. The Labute approximate surface area is 142 Å². The van der Waals surface area contributed by atoms with Gasteiger partial charge in [0.15, 0.2) is 5.82 Å². The van der Waals surface area contributed by atoms with Crippen LogP contribution in [0.2, 0.25) is 0 Å². The molecule has 23 heavy (non-hydrogen) atoms. The number of hydrogen-bond acceptors (Lipinski definition) is 4. The highest BCUT2D eigenvalue weighted by atomic mass is 35.5. The van der Waals surface area contributed by atoms with Crippen LogP contribution < -0.4 is 10.6 Å². The standard InChI is InChI=1S/C16H21N5O.ClH/c1-3-21-10-18-20-15(21)13-6-4-5-7-14(13)19-16(22)11(2)12-8-17-9-12;/h4-7,10-12,17H,3,8-9H2,1-2H3,(H,19,22);1H. The summed E-state index contributed by atoms with van der Waals surface area (Å²) in [5.41, 5.74) is 1.68. The number of para-hydroxylation sites is 1. The van der Waals surface area contributed by atoms with E-state index >= 15 is 0 Å². The van der Waals surface area contributed by atoms with Crippen LogP contribution in [0.4, 0.5) is 5.69 Å². The van der Waals surface area contributed by atoms with Crippen LogP contribution in [-0.4, -0.2) is 33.8 Å². The fraction of sp³-hybridized carbons (Fsp3) is 0.438. The molecule has 1 aliphatic heterocycles. The number of halogens is 1. The van der Waals surface area contributed by atoms with Crippen LogP contribution in [-0.2, 0) is 11.3 Å². The highest BCUT2D eigenvalue weighted by Crippen LogP contribution is 2.27. The quantitative estimate of drug-likeness (QED) is 0.878. The number of aromatic nitrogens is 3. The van der Waals surface area contributed by atoms with Gasteiger partial charge in [-0.25, -0.2) is 0 Å². The van der Waals surface area contributed by atoms with E-state index in [1.165, 1.54) is 0 Å². The van der Waals surface area contributed by atoms with Gasteiger partial charge in [0.25, 0.3) is 0 Å². The van der Waals surface area contributed by atoms with Crippen molar-refractivity contribution in [2.24, 2.45) is 11.8 Å². The van der Waals surface area contributed by atoms with Crippen molar-refractivity contribution in [1.29, 1.82) is 0 Å². The predicted molar refractivity (Wildman–Crippen MR) is 92.5 cm³/mol. The van der Waals surface area contributed by atoms with Crippen molar-refractivity contribution in [3.63, 3.8) is 0 Å². The third-order valence-electron chi connectivity index (χ3n) is 4.32. The van der Waals surface area contributed by atoms with Crippen molar-refractivity contribution in [2.45, 2.75) is 20.4 Å². The second-order valence-electron chi connectivity index (χ2n) is 5.68. The molecule has 0 spiro atoms. The third-order valence-corrected chi connectivity index (χ3v) is 4.32. The van der Waals surface area contributed by atoms with Crippen molar-refractivity contribution < 1.29 is 4.79 Å². The van der Waals surface area contributed by atoms with Gasteiger partial charge in [-0.05, 0) is 38.1 Å². The lowest BCUT2D eigenvalue weighted by Gasteiger charge is -2.31. The Kier molecular flexibility index (Phi) is 5.74. The Morgan fingerprint density at radius 3 is 2.83 bits per heavy atom. The van der Waals surface area contributed by atoms with Gasteiger partial charge in [-0.1, -0.05) is 19.1 Å². The minimum atomic E-state index is -0.00153. The van der Waals surface area contributed by atoms with Crippen LogP contribution in [0.15, 0.2) is 30.6 Å². The van der Waals surface area contributed by atoms with Gasteiger partial charge < -0.3 is 15.2 Å². The molecule has 2 heterocycles. The lowest BCUT2D eigenvalue weighted by atomic mass is 9.88. The number of benzene rings is 1. The predicted octanol–water partition coefficient (Wildman–Crippen LogP) is 2.18. The molecular weight excluding hydrogens is 314 g/mol. The van der Waals surface area contributed by atoms with E-state index in [0.717, 1.165) is 36.7 Å². The van der Waals surface area contributed by atoms with Crippen LogP contribution in [0.1, 0.15) is 13.8 Å². The second kappa shape index (κ2) is 7.57. The molecule has 1 aliphatic rings. The summed E-state index contributed by atoms with van der Waals surface area (Å²) in [6.45, 7) is 6.65. The van der Waals surface area contributed by atoms with Crippen molar-refractivity contribution in [1.82, 2.24) is 20.1 Å². The number of aryl methyl sites for hydroxylation is 1. The molecule has 1 aromatic heterocycles. The van der Waals surface area contributed by atoms with Gasteiger partial charge in [-0.15, -0.1) is 22.6 Å². The number of carbonyl (C=O) groups excluding carboxylic acids is 1. The van der Waals surface area contributed by atoms with Crippen molar-refractivity contribution in [2.75, 3.05) is 18.4 Å². The third kappa shape index (κ3) is 3.54. The number of anilines is 1. The van der Waals surface area contributed by atoms with Gasteiger partial charge in [0.1, 0.15) is 6.33 Å². The molecule has 3 rings (SSSR count). The monoisotopic (exact) mass is 335 g/mol. The zero-order chi connectivity index (χ0) is 15.5. The smallest absolute Gasteiger partial charge is 0.227 e. The van der Waals surface area contributed by atoms with Gasteiger partial charge in [0.05, 0.1) is 5.69 Å². The Hall–Kier alpha value is -1.92. The van der Waals surface area contributed by atoms with E-state index in [9.17, 15) is 4.79 Å². The van der Waals surface area contributed by atoms with Crippen LogP contribution in [0.5, 0.6) is 0 Å². The maximum atomic E-state index is 12.4. The summed E-state index contributed by atoms with van der Waals surface area (Å²) in [4.78, 5) is 12.4. The first-order chi connectivity index (χ1) is 10.7. The minimum Gasteiger partial charge on any atom is -0.325 e. The molecule has 0 bridgehead atoms. The fourth-order valence-corrected chi connectivity index (χ4v) is 2.61. The second-order valence-corrected chi connectivity index (χ2v) is 5.68. The normalized spacial score (nSPS) is 15.4. The highest BCUT2D eigenvalue weighted by Gasteiger charge is 2.29. The average Bonchev–Trinajstić information content (AvgIpc) is 2.94. The largest absolute Gasteiger partial charge is 0.325 e. The summed E-state index contributed by atoms with van der Waals surface area (Å²) in [5, 5.41) is 14.4. The summed E-state index contributed by atoms with van der Waals surface area (Å²) < 4.78 is 1.96. The average molecular weight is 336 g/mol. The van der Waals surface area contributed by atoms with Gasteiger partial charge in [0, 0.05) is 18.0 Å². The Bertz CT molecular complexity index is 668. The molecule has 2 aromatic rings. The maximum Gasteiger partial charge on any atom is 0.227 e. The summed E-state index contributed by atoms with van der Waals surface area (Å²) in [6.07, 6.45) is 1.70. The number of nitrogens with one attached hydrogen (secondary N) is 2. The lowest BCUT2D eigenvalue weighted by molar-refractivity contribution is -0.121. The summed E-state index contributed by atoms with van der Waals surface area (Å²) in [6, 6.07) is 7.73. The summed E-state index contributed by atoms with van der Waals surface area (Å²) in [5.74, 6) is 1.25. The minimum absolute atomic E-state index is 0. The zero-order valence-corrected chi connectivity index (χ0v) is 14.1. The summed E-state index contributed by atoms with van der Waals surface area (Å²) in [7, 11) is 0. The molecule has 2 N–H and O–H groups in total. The lowest BCUT2D eigenvalue weighted by Crippen LogP contribution is -2.48. The molecule has 1 saturated heterocycles. The Morgan fingerprint density at radius 2 is 2.17 bits per heavy atom. The van der Waals surface area contributed by atoms with E-state index in [1.54, 1.807) is 6.33 Å². The molecule has 0 radical (unpaired) electrons. The van der Waals surface area contributed by atoms with Gasteiger partial charge in [-0.3, -0.25) is 4.79 Å². The van der Waals surface area contributed by atoms with Crippen LogP contribution >= 0.6 is 12.4 Å².